The molecule has 2 fully saturated rings. The second kappa shape index (κ2) is 5.90. The minimum Gasteiger partial charge on any atom is -0.340 e. The van der Waals surface area contributed by atoms with Gasteiger partial charge in [0.15, 0.2) is 0 Å². The number of hydrogen-bond donors (Lipinski definition) is 1. The molecule has 0 radical (unpaired) electrons. The van der Waals surface area contributed by atoms with Crippen LogP contribution in [0.15, 0.2) is 0 Å². The van der Waals surface area contributed by atoms with Gasteiger partial charge in [-0.15, -0.1) is 0 Å². The van der Waals surface area contributed by atoms with E-state index in [4.69, 9.17) is 0 Å². The molecule has 1 saturated carbocycles. The van der Waals surface area contributed by atoms with Crippen LogP contribution in [0.5, 0.6) is 0 Å². The highest BCUT2D eigenvalue weighted by Crippen LogP contribution is 2.31. The van der Waals surface area contributed by atoms with E-state index in [1.54, 1.807) is 4.90 Å². The van der Waals surface area contributed by atoms with E-state index < -0.39 is 5.54 Å². The first-order chi connectivity index (χ1) is 9.03. The van der Waals surface area contributed by atoms with Crippen LogP contribution in [0.1, 0.15) is 38.5 Å². The van der Waals surface area contributed by atoms with E-state index in [1.165, 1.54) is 6.42 Å². The van der Waals surface area contributed by atoms with Gasteiger partial charge in [0.05, 0.1) is 6.54 Å². The van der Waals surface area contributed by atoms with Crippen LogP contribution in [0, 0.1) is 0 Å². The summed E-state index contributed by atoms with van der Waals surface area (Å²) in [5.41, 5.74) is -0.578. The number of piperazine rings is 1. The first-order valence-corrected chi connectivity index (χ1v) is 7.29. The standard InChI is InChI=1S/C14H25N3O2/c1-16(2)9-6-10-17-11-12(18)15-14(13(17)19)7-4-3-5-8-14/h3-11H2,1-2H3,(H,15,18). The number of carbonyl (C=O) groups excluding carboxylic acids is 2. The third-order valence-corrected chi connectivity index (χ3v) is 4.15. The summed E-state index contributed by atoms with van der Waals surface area (Å²) in [7, 11) is 4.04. The summed E-state index contributed by atoms with van der Waals surface area (Å²) in [4.78, 5) is 28.4. The molecule has 1 aliphatic carbocycles. The molecule has 5 nitrogen and oxygen atoms in total. The second-order valence-corrected chi connectivity index (χ2v) is 6.07. The van der Waals surface area contributed by atoms with Crippen LogP contribution >= 0.6 is 0 Å². The molecule has 0 aromatic carbocycles. The fourth-order valence-electron chi connectivity index (χ4n) is 3.16. The van der Waals surface area contributed by atoms with Gasteiger partial charge in [-0.3, -0.25) is 9.59 Å². The first-order valence-electron chi connectivity index (χ1n) is 7.29. The van der Waals surface area contributed by atoms with Gasteiger partial charge in [0.1, 0.15) is 5.54 Å². The van der Waals surface area contributed by atoms with Gasteiger partial charge >= 0.3 is 0 Å². The van der Waals surface area contributed by atoms with Crippen molar-refractivity contribution in [2.45, 2.75) is 44.1 Å². The van der Waals surface area contributed by atoms with Crippen LogP contribution in [0.25, 0.3) is 0 Å². The zero-order chi connectivity index (χ0) is 13.9. The Morgan fingerprint density at radius 1 is 1.21 bits per heavy atom. The number of nitrogens with zero attached hydrogens (tertiary/aromatic N) is 2. The molecule has 2 amide bonds. The molecule has 108 valence electrons. The van der Waals surface area contributed by atoms with Gasteiger partial charge in [0.2, 0.25) is 11.8 Å². The Morgan fingerprint density at radius 3 is 2.53 bits per heavy atom. The van der Waals surface area contributed by atoms with E-state index in [9.17, 15) is 9.59 Å². The maximum absolute atomic E-state index is 12.6. The van der Waals surface area contributed by atoms with E-state index in [2.05, 4.69) is 10.2 Å². The Bertz CT molecular complexity index is 349. The molecule has 5 heteroatoms. The van der Waals surface area contributed by atoms with E-state index >= 15 is 0 Å². The van der Waals surface area contributed by atoms with Gasteiger partial charge in [-0.1, -0.05) is 19.3 Å². The molecular formula is C14H25N3O2. The van der Waals surface area contributed by atoms with Crippen molar-refractivity contribution in [3.63, 3.8) is 0 Å². The van der Waals surface area contributed by atoms with Gasteiger partial charge in [-0.05, 0) is 39.9 Å². The lowest BCUT2D eigenvalue weighted by molar-refractivity contribution is -0.151. The lowest BCUT2D eigenvalue weighted by Crippen LogP contribution is -2.67. The Kier molecular flexibility index (Phi) is 4.45. The molecule has 1 N–H and O–H groups in total. The summed E-state index contributed by atoms with van der Waals surface area (Å²) in [6.45, 7) is 1.86. The molecule has 1 spiro atoms. The average Bonchev–Trinajstić information content (AvgIpc) is 2.36. The summed E-state index contributed by atoms with van der Waals surface area (Å²) in [5, 5.41) is 2.97. The summed E-state index contributed by atoms with van der Waals surface area (Å²) in [5.74, 6) is 0.150. The topological polar surface area (TPSA) is 52.6 Å². The number of nitrogens with one attached hydrogen (secondary N) is 1. The summed E-state index contributed by atoms with van der Waals surface area (Å²) < 4.78 is 0. The molecule has 0 atom stereocenters. The summed E-state index contributed by atoms with van der Waals surface area (Å²) in [6.07, 6.45) is 5.78. The van der Waals surface area contributed by atoms with Crippen molar-refractivity contribution >= 4 is 11.8 Å². The van der Waals surface area contributed by atoms with Crippen LogP contribution in [0.4, 0.5) is 0 Å². The van der Waals surface area contributed by atoms with Gasteiger partial charge in [0, 0.05) is 6.54 Å². The van der Waals surface area contributed by atoms with Crippen LogP contribution < -0.4 is 5.32 Å². The van der Waals surface area contributed by atoms with Gasteiger partial charge in [-0.2, -0.15) is 0 Å². The molecule has 19 heavy (non-hydrogen) atoms. The van der Waals surface area contributed by atoms with Gasteiger partial charge < -0.3 is 15.1 Å². The molecular weight excluding hydrogens is 242 g/mol. The highest BCUT2D eigenvalue weighted by Gasteiger charge is 2.46. The van der Waals surface area contributed by atoms with Crippen LogP contribution in [0.2, 0.25) is 0 Å². The van der Waals surface area contributed by atoms with Gasteiger partial charge in [-0.25, -0.2) is 0 Å². The number of hydrogen-bond acceptors (Lipinski definition) is 3. The van der Waals surface area contributed by atoms with Crippen molar-refractivity contribution in [1.29, 1.82) is 0 Å². The van der Waals surface area contributed by atoms with Crippen molar-refractivity contribution in [1.82, 2.24) is 15.1 Å². The Labute approximate surface area is 115 Å². The molecule has 1 saturated heterocycles. The summed E-state index contributed by atoms with van der Waals surface area (Å²) in [6, 6.07) is 0. The molecule has 0 aromatic heterocycles. The predicted molar refractivity (Wildman–Crippen MR) is 73.7 cm³/mol. The smallest absolute Gasteiger partial charge is 0.248 e. The first kappa shape index (κ1) is 14.3. The highest BCUT2D eigenvalue weighted by atomic mass is 16.2. The fourth-order valence-corrected chi connectivity index (χ4v) is 3.16. The van der Waals surface area contributed by atoms with Crippen LogP contribution in [-0.2, 0) is 9.59 Å². The maximum atomic E-state index is 12.6. The second-order valence-electron chi connectivity index (χ2n) is 6.07. The number of rotatable bonds is 4. The molecule has 2 aliphatic rings. The SMILES string of the molecule is CN(C)CCCN1CC(=O)NC2(CCCCC2)C1=O. The largest absolute Gasteiger partial charge is 0.340 e. The van der Waals surface area contributed by atoms with Crippen molar-refractivity contribution in [2.24, 2.45) is 0 Å². The third kappa shape index (κ3) is 3.26. The zero-order valence-electron chi connectivity index (χ0n) is 12.1. The predicted octanol–water partition coefficient (Wildman–Crippen LogP) is 0.599. The minimum atomic E-state index is -0.578. The zero-order valence-corrected chi connectivity index (χ0v) is 12.1. The summed E-state index contributed by atoms with van der Waals surface area (Å²) >= 11 is 0. The Balaban J connectivity index is 1.99. The van der Waals surface area contributed by atoms with E-state index in [0.717, 1.165) is 38.6 Å². The van der Waals surface area contributed by atoms with Crippen molar-refractivity contribution in [3.05, 3.63) is 0 Å². The van der Waals surface area contributed by atoms with Crippen molar-refractivity contribution in [3.8, 4) is 0 Å². The van der Waals surface area contributed by atoms with E-state index in [1.807, 2.05) is 14.1 Å². The number of amides is 2. The van der Waals surface area contributed by atoms with E-state index in [-0.39, 0.29) is 18.4 Å². The Hall–Kier alpha value is -1.10. The fraction of sp³-hybridized carbons (Fsp3) is 0.857. The third-order valence-electron chi connectivity index (χ3n) is 4.15. The van der Waals surface area contributed by atoms with Crippen LogP contribution in [0.3, 0.4) is 0 Å². The Morgan fingerprint density at radius 2 is 1.89 bits per heavy atom. The maximum Gasteiger partial charge on any atom is 0.248 e. The van der Waals surface area contributed by atoms with Gasteiger partial charge in [0.25, 0.3) is 0 Å². The monoisotopic (exact) mass is 267 g/mol. The molecule has 1 heterocycles. The minimum absolute atomic E-state index is 0.00588. The molecule has 0 bridgehead atoms. The molecule has 1 aliphatic heterocycles. The van der Waals surface area contributed by atoms with Crippen molar-refractivity contribution in [2.75, 3.05) is 33.7 Å². The lowest BCUT2D eigenvalue weighted by atomic mass is 9.79. The lowest BCUT2D eigenvalue weighted by Gasteiger charge is -2.44. The average molecular weight is 267 g/mol. The normalized spacial score (nSPS) is 23.0. The van der Waals surface area contributed by atoms with Crippen LogP contribution in [-0.4, -0.2) is 60.9 Å². The van der Waals surface area contributed by atoms with E-state index in [0.29, 0.717) is 6.54 Å². The highest BCUT2D eigenvalue weighted by molar-refractivity contribution is 5.98. The molecule has 0 aromatic rings. The quantitative estimate of drug-likeness (QED) is 0.811. The number of carbonyl (C=O) groups is 2. The van der Waals surface area contributed by atoms with Crippen molar-refractivity contribution < 1.29 is 9.59 Å². The molecule has 0 unspecified atom stereocenters. The molecule has 2 rings (SSSR count).